The summed E-state index contributed by atoms with van der Waals surface area (Å²) in [6, 6.07) is 9.26. The second kappa shape index (κ2) is 4.90. The van der Waals surface area contributed by atoms with Crippen LogP contribution < -0.4 is 10.2 Å². The first-order valence-corrected chi connectivity index (χ1v) is 6.65. The van der Waals surface area contributed by atoms with Crippen molar-refractivity contribution in [2.45, 2.75) is 17.9 Å². The largest absolute Gasteiger partial charge is 0.368 e. The summed E-state index contributed by atoms with van der Waals surface area (Å²) in [6.07, 6.45) is 2.14. The van der Waals surface area contributed by atoms with Crippen LogP contribution in [0.2, 0.25) is 0 Å². The van der Waals surface area contributed by atoms with Gasteiger partial charge in [0.05, 0.1) is 5.69 Å². The van der Waals surface area contributed by atoms with Gasteiger partial charge >= 0.3 is 0 Å². The summed E-state index contributed by atoms with van der Waals surface area (Å²) in [6.45, 7) is 5.55. The molecule has 1 aliphatic rings. The van der Waals surface area contributed by atoms with Crippen LogP contribution in [-0.2, 0) is 0 Å². The van der Waals surface area contributed by atoms with Crippen molar-refractivity contribution in [3.63, 3.8) is 0 Å². The Hall–Kier alpha value is -0.670. The van der Waals surface area contributed by atoms with Crippen LogP contribution in [-0.4, -0.2) is 31.9 Å². The van der Waals surface area contributed by atoms with Gasteiger partial charge in [-0.1, -0.05) is 12.1 Å². The zero-order chi connectivity index (χ0) is 10.7. The van der Waals surface area contributed by atoms with Gasteiger partial charge in [-0.2, -0.15) is 0 Å². The maximum absolute atomic E-state index is 3.47. The third-order valence-corrected chi connectivity index (χ3v) is 3.58. The Morgan fingerprint density at radius 1 is 1.40 bits per heavy atom. The predicted octanol–water partition coefficient (Wildman–Crippen LogP) is 2.21. The lowest BCUT2D eigenvalue weighted by Gasteiger charge is -2.34. The molecular formula is C12H18N2S. The van der Waals surface area contributed by atoms with Crippen LogP contribution in [0.5, 0.6) is 0 Å². The zero-order valence-corrected chi connectivity index (χ0v) is 10.2. The van der Waals surface area contributed by atoms with E-state index in [4.69, 9.17) is 0 Å². The van der Waals surface area contributed by atoms with Crippen molar-refractivity contribution in [3.05, 3.63) is 24.3 Å². The van der Waals surface area contributed by atoms with Crippen molar-refractivity contribution in [1.29, 1.82) is 0 Å². The molecule has 1 heterocycles. The molecule has 2 rings (SSSR count). The van der Waals surface area contributed by atoms with Crippen molar-refractivity contribution in [2.75, 3.05) is 30.8 Å². The normalized spacial score (nSPS) is 21.7. The molecule has 82 valence electrons. The average Bonchev–Trinajstić information content (AvgIpc) is 2.29. The first-order chi connectivity index (χ1) is 7.31. The molecule has 1 N–H and O–H groups in total. The number of para-hydroxylation sites is 1. The first-order valence-electron chi connectivity index (χ1n) is 5.42. The van der Waals surface area contributed by atoms with Crippen LogP contribution in [0.15, 0.2) is 29.2 Å². The highest BCUT2D eigenvalue weighted by molar-refractivity contribution is 7.98. The molecule has 0 bridgehead atoms. The van der Waals surface area contributed by atoms with E-state index in [1.54, 1.807) is 0 Å². The van der Waals surface area contributed by atoms with E-state index in [2.05, 4.69) is 47.7 Å². The van der Waals surface area contributed by atoms with Crippen molar-refractivity contribution in [2.24, 2.45) is 0 Å². The number of nitrogens with zero attached hydrogens (tertiary/aromatic N) is 1. The van der Waals surface area contributed by atoms with E-state index in [-0.39, 0.29) is 0 Å². The molecule has 0 saturated carbocycles. The summed E-state index contributed by atoms with van der Waals surface area (Å²) in [5.74, 6) is 0. The Kier molecular flexibility index (Phi) is 3.54. The summed E-state index contributed by atoms with van der Waals surface area (Å²) in [4.78, 5) is 3.86. The monoisotopic (exact) mass is 222 g/mol. The number of hydrogen-bond donors (Lipinski definition) is 1. The van der Waals surface area contributed by atoms with Crippen LogP contribution in [0.3, 0.4) is 0 Å². The standard InChI is InChI=1S/C12H18N2S/c1-10-9-14(8-7-13-10)11-5-3-4-6-12(11)15-2/h3-6,10,13H,7-9H2,1-2H3/t10-/m0/s1. The number of thioether (sulfide) groups is 1. The molecule has 15 heavy (non-hydrogen) atoms. The van der Waals surface area contributed by atoms with Gasteiger partial charge in [0, 0.05) is 30.6 Å². The molecular weight excluding hydrogens is 204 g/mol. The highest BCUT2D eigenvalue weighted by Crippen LogP contribution is 2.28. The van der Waals surface area contributed by atoms with Crippen molar-refractivity contribution >= 4 is 17.4 Å². The fourth-order valence-corrected chi connectivity index (χ4v) is 2.66. The molecule has 3 heteroatoms. The van der Waals surface area contributed by atoms with Gasteiger partial charge in [-0.15, -0.1) is 11.8 Å². The van der Waals surface area contributed by atoms with Gasteiger partial charge in [-0.25, -0.2) is 0 Å². The second-order valence-electron chi connectivity index (χ2n) is 3.97. The molecule has 1 fully saturated rings. The Morgan fingerprint density at radius 3 is 2.93 bits per heavy atom. The van der Waals surface area contributed by atoms with Gasteiger partial charge in [-0.3, -0.25) is 0 Å². The van der Waals surface area contributed by atoms with E-state index in [9.17, 15) is 0 Å². The molecule has 1 saturated heterocycles. The number of piperazine rings is 1. The van der Waals surface area contributed by atoms with Gasteiger partial charge in [0.2, 0.25) is 0 Å². The average molecular weight is 222 g/mol. The lowest BCUT2D eigenvalue weighted by Crippen LogP contribution is -2.49. The number of nitrogens with one attached hydrogen (secondary N) is 1. The third-order valence-electron chi connectivity index (χ3n) is 2.79. The Labute approximate surface area is 96.0 Å². The molecule has 1 aliphatic heterocycles. The molecule has 0 aliphatic carbocycles. The fourth-order valence-electron chi connectivity index (χ4n) is 2.04. The molecule has 0 unspecified atom stereocenters. The van der Waals surface area contributed by atoms with Crippen LogP contribution in [0.25, 0.3) is 0 Å². The number of anilines is 1. The number of rotatable bonds is 2. The Bertz CT molecular complexity index is 327. The highest BCUT2D eigenvalue weighted by Gasteiger charge is 2.17. The van der Waals surface area contributed by atoms with Crippen molar-refractivity contribution in [3.8, 4) is 0 Å². The van der Waals surface area contributed by atoms with Crippen LogP contribution in [0.1, 0.15) is 6.92 Å². The lowest BCUT2D eigenvalue weighted by molar-refractivity contribution is 0.483. The number of hydrogen-bond acceptors (Lipinski definition) is 3. The first kappa shape index (κ1) is 10.8. The van der Waals surface area contributed by atoms with E-state index in [1.165, 1.54) is 10.6 Å². The smallest absolute Gasteiger partial charge is 0.0505 e. The Morgan fingerprint density at radius 2 is 2.20 bits per heavy atom. The SMILES string of the molecule is CSc1ccccc1N1CCN[C@@H](C)C1. The summed E-state index contributed by atoms with van der Waals surface area (Å²) >= 11 is 1.83. The summed E-state index contributed by atoms with van der Waals surface area (Å²) in [5.41, 5.74) is 1.39. The molecule has 1 aromatic carbocycles. The third kappa shape index (κ3) is 2.47. The fraction of sp³-hybridized carbons (Fsp3) is 0.500. The molecule has 0 aromatic heterocycles. The molecule has 1 aromatic rings. The van der Waals surface area contributed by atoms with Crippen LogP contribution in [0.4, 0.5) is 5.69 Å². The predicted molar refractivity (Wildman–Crippen MR) is 67.9 cm³/mol. The van der Waals surface area contributed by atoms with Gasteiger partial charge in [0.15, 0.2) is 0 Å². The molecule has 0 spiro atoms. The quantitative estimate of drug-likeness (QED) is 0.772. The van der Waals surface area contributed by atoms with Gasteiger partial charge < -0.3 is 10.2 Å². The minimum atomic E-state index is 0.591. The van der Waals surface area contributed by atoms with E-state index in [0.29, 0.717) is 6.04 Å². The molecule has 0 radical (unpaired) electrons. The minimum Gasteiger partial charge on any atom is -0.368 e. The summed E-state index contributed by atoms with van der Waals surface area (Å²) < 4.78 is 0. The van der Waals surface area contributed by atoms with Crippen molar-refractivity contribution in [1.82, 2.24) is 5.32 Å². The highest BCUT2D eigenvalue weighted by atomic mass is 32.2. The van der Waals surface area contributed by atoms with Gasteiger partial charge in [0.25, 0.3) is 0 Å². The topological polar surface area (TPSA) is 15.3 Å². The van der Waals surface area contributed by atoms with Crippen LogP contribution in [0, 0.1) is 0 Å². The lowest BCUT2D eigenvalue weighted by atomic mass is 10.2. The molecule has 2 nitrogen and oxygen atoms in total. The summed E-state index contributed by atoms with van der Waals surface area (Å²) in [5, 5.41) is 3.47. The van der Waals surface area contributed by atoms with Gasteiger partial charge in [0.1, 0.15) is 0 Å². The zero-order valence-electron chi connectivity index (χ0n) is 9.36. The summed E-state index contributed by atoms with van der Waals surface area (Å²) in [7, 11) is 0. The van der Waals surface area contributed by atoms with E-state index in [0.717, 1.165) is 19.6 Å². The Balaban J connectivity index is 2.20. The maximum Gasteiger partial charge on any atom is 0.0505 e. The number of benzene rings is 1. The van der Waals surface area contributed by atoms with E-state index < -0.39 is 0 Å². The molecule has 0 amide bonds. The maximum atomic E-state index is 3.47. The van der Waals surface area contributed by atoms with E-state index in [1.807, 2.05) is 11.8 Å². The van der Waals surface area contributed by atoms with Crippen LogP contribution >= 0.6 is 11.8 Å². The minimum absolute atomic E-state index is 0.591. The molecule has 1 atom stereocenters. The van der Waals surface area contributed by atoms with Crippen molar-refractivity contribution < 1.29 is 0 Å². The van der Waals surface area contributed by atoms with Gasteiger partial charge in [-0.05, 0) is 25.3 Å². The second-order valence-corrected chi connectivity index (χ2v) is 4.82. The van der Waals surface area contributed by atoms with E-state index >= 15 is 0 Å².